The van der Waals surface area contributed by atoms with Gasteiger partial charge < -0.3 is 5.32 Å². The van der Waals surface area contributed by atoms with Crippen molar-refractivity contribution in [2.24, 2.45) is 0 Å². The molecule has 0 saturated heterocycles. The van der Waals surface area contributed by atoms with Gasteiger partial charge in [-0.05, 0) is 25.8 Å². The molecule has 6 heteroatoms. The van der Waals surface area contributed by atoms with Crippen LogP contribution in [0.5, 0.6) is 0 Å². The summed E-state index contributed by atoms with van der Waals surface area (Å²) in [7, 11) is 0. The molecule has 1 aromatic carbocycles. The van der Waals surface area contributed by atoms with Crippen molar-refractivity contribution in [1.82, 2.24) is 19.6 Å². The number of fused-ring (bicyclic) bond motifs is 1. The van der Waals surface area contributed by atoms with Crippen molar-refractivity contribution in [3.8, 4) is 0 Å². The molecular formula is C18H23N5O. The second-order valence-electron chi connectivity index (χ2n) is 6.02. The molecule has 0 radical (unpaired) electrons. The van der Waals surface area contributed by atoms with Crippen LogP contribution in [0.4, 0.5) is 5.82 Å². The van der Waals surface area contributed by atoms with Gasteiger partial charge in [0.05, 0.1) is 17.3 Å². The van der Waals surface area contributed by atoms with Gasteiger partial charge in [0.1, 0.15) is 12.4 Å². The van der Waals surface area contributed by atoms with E-state index in [9.17, 15) is 4.79 Å². The Hall–Kier alpha value is -2.63. The van der Waals surface area contributed by atoms with E-state index >= 15 is 0 Å². The number of hydrogen-bond donors (Lipinski definition) is 1. The van der Waals surface area contributed by atoms with Gasteiger partial charge in [0.25, 0.3) is 0 Å². The second kappa shape index (κ2) is 6.86. The van der Waals surface area contributed by atoms with Crippen molar-refractivity contribution in [2.45, 2.75) is 46.2 Å². The molecule has 0 aliphatic heterocycles. The van der Waals surface area contributed by atoms with E-state index in [0.717, 1.165) is 35.3 Å². The molecule has 3 aromatic rings. The molecule has 2 heterocycles. The zero-order chi connectivity index (χ0) is 17.1. The highest BCUT2D eigenvalue weighted by Gasteiger charge is 2.15. The van der Waals surface area contributed by atoms with Gasteiger partial charge in [-0.25, -0.2) is 4.68 Å². The van der Waals surface area contributed by atoms with Crippen LogP contribution in [-0.4, -0.2) is 25.5 Å². The number of carbonyl (C=O) groups excluding carboxylic acids is 1. The molecule has 0 unspecified atom stereocenters. The van der Waals surface area contributed by atoms with Crippen molar-refractivity contribution in [3.05, 3.63) is 42.2 Å². The Labute approximate surface area is 141 Å². The lowest BCUT2D eigenvalue weighted by Gasteiger charge is -2.17. The van der Waals surface area contributed by atoms with Gasteiger partial charge in [-0.15, -0.1) is 0 Å². The Morgan fingerprint density at radius 2 is 1.96 bits per heavy atom. The molecule has 24 heavy (non-hydrogen) atoms. The molecule has 1 N–H and O–H groups in total. The van der Waals surface area contributed by atoms with E-state index in [0.29, 0.717) is 6.04 Å². The topological polar surface area (TPSA) is 64.7 Å². The van der Waals surface area contributed by atoms with E-state index in [-0.39, 0.29) is 12.5 Å². The quantitative estimate of drug-likeness (QED) is 0.754. The lowest BCUT2D eigenvalue weighted by atomic mass is 10.2. The minimum Gasteiger partial charge on any atom is -0.309 e. The maximum absolute atomic E-state index is 12.4. The van der Waals surface area contributed by atoms with Crippen LogP contribution in [0.15, 0.2) is 36.5 Å². The van der Waals surface area contributed by atoms with Crippen molar-refractivity contribution >= 4 is 22.6 Å². The van der Waals surface area contributed by atoms with Crippen LogP contribution in [0.25, 0.3) is 10.9 Å². The van der Waals surface area contributed by atoms with E-state index < -0.39 is 0 Å². The van der Waals surface area contributed by atoms with Gasteiger partial charge in [0.2, 0.25) is 5.91 Å². The van der Waals surface area contributed by atoms with Gasteiger partial charge >= 0.3 is 0 Å². The molecule has 0 aliphatic rings. The van der Waals surface area contributed by atoms with Crippen LogP contribution in [0.3, 0.4) is 0 Å². The Morgan fingerprint density at radius 3 is 2.67 bits per heavy atom. The highest BCUT2D eigenvalue weighted by atomic mass is 16.2. The molecule has 126 valence electrons. The van der Waals surface area contributed by atoms with Gasteiger partial charge in [0, 0.05) is 17.6 Å². The van der Waals surface area contributed by atoms with E-state index in [2.05, 4.69) is 29.4 Å². The molecular weight excluding hydrogens is 302 g/mol. The Kier molecular flexibility index (Phi) is 4.64. The van der Waals surface area contributed by atoms with Crippen LogP contribution < -0.4 is 5.32 Å². The first-order valence-electron chi connectivity index (χ1n) is 8.39. The fraction of sp³-hybridized carbons (Fsp3) is 0.389. The first-order chi connectivity index (χ1) is 11.6. The third-order valence-corrected chi connectivity index (χ3v) is 4.18. The van der Waals surface area contributed by atoms with Crippen LogP contribution in [0, 0.1) is 6.92 Å². The first kappa shape index (κ1) is 16.2. The van der Waals surface area contributed by atoms with E-state index in [1.807, 2.05) is 48.1 Å². The average molecular weight is 325 g/mol. The maximum Gasteiger partial charge on any atom is 0.247 e. The summed E-state index contributed by atoms with van der Waals surface area (Å²) in [5.74, 6) is 0.651. The summed E-state index contributed by atoms with van der Waals surface area (Å²) in [4.78, 5) is 12.4. The molecule has 3 rings (SSSR count). The molecule has 0 fully saturated rings. The number of aromatic nitrogens is 4. The lowest BCUT2D eigenvalue weighted by Crippen LogP contribution is -2.22. The van der Waals surface area contributed by atoms with E-state index in [1.54, 1.807) is 4.68 Å². The number of amides is 1. The van der Waals surface area contributed by atoms with Gasteiger partial charge in [-0.3, -0.25) is 9.48 Å². The molecule has 0 atom stereocenters. The number of carbonyl (C=O) groups is 1. The highest BCUT2D eigenvalue weighted by molar-refractivity contribution is 5.90. The van der Waals surface area contributed by atoms with Gasteiger partial charge in [0.15, 0.2) is 0 Å². The van der Waals surface area contributed by atoms with Crippen molar-refractivity contribution < 1.29 is 4.79 Å². The number of nitrogens with one attached hydrogen (secondary N) is 1. The van der Waals surface area contributed by atoms with Crippen molar-refractivity contribution in [3.63, 3.8) is 0 Å². The summed E-state index contributed by atoms with van der Waals surface area (Å²) >= 11 is 0. The number of anilines is 1. The molecule has 0 aliphatic carbocycles. The number of hydrogen-bond acceptors (Lipinski definition) is 3. The predicted octanol–water partition coefficient (Wildman–Crippen LogP) is 3.54. The van der Waals surface area contributed by atoms with Crippen LogP contribution in [-0.2, 0) is 11.3 Å². The molecule has 6 nitrogen and oxygen atoms in total. The third-order valence-electron chi connectivity index (χ3n) is 4.18. The smallest absolute Gasteiger partial charge is 0.247 e. The summed E-state index contributed by atoms with van der Waals surface area (Å²) in [6, 6.07) is 10.0. The zero-order valence-corrected chi connectivity index (χ0v) is 14.4. The van der Waals surface area contributed by atoms with E-state index in [4.69, 9.17) is 0 Å². The second-order valence-corrected chi connectivity index (χ2v) is 6.02. The van der Waals surface area contributed by atoms with E-state index in [1.165, 1.54) is 0 Å². The molecule has 0 spiro atoms. The monoisotopic (exact) mass is 325 g/mol. The number of nitrogens with zero attached hydrogens (tertiary/aromatic N) is 4. The summed E-state index contributed by atoms with van der Waals surface area (Å²) in [5.41, 5.74) is 1.80. The zero-order valence-electron chi connectivity index (χ0n) is 14.4. The minimum absolute atomic E-state index is 0.102. The fourth-order valence-corrected chi connectivity index (χ4v) is 2.95. The van der Waals surface area contributed by atoms with Crippen molar-refractivity contribution in [2.75, 3.05) is 5.32 Å². The molecule has 2 aromatic heterocycles. The third kappa shape index (κ3) is 3.32. The maximum atomic E-state index is 12.4. The largest absolute Gasteiger partial charge is 0.309 e. The van der Waals surface area contributed by atoms with Crippen LogP contribution in [0.2, 0.25) is 0 Å². The summed E-state index contributed by atoms with van der Waals surface area (Å²) < 4.78 is 3.59. The predicted molar refractivity (Wildman–Crippen MR) is 94.9 cm³/mol. The number of aryl methyl sites for hydroxylation is 1. The first-order valence-corrected chi connectivity index (χ1v) is 8.39. The SMILES string of the molecule is CCC(CC)n1nc(C)cc1NC(=O)Cn1cc2ccccc2n1. The Balaban J connectivity index is 1.75. The standard InChI is InChI=1S/C18H23N5O/c1-4-15(5-2)23-17(10-13(3)20-23)19-18(24)12-22-11-14-8-6-7-9-16(14)21-22/h6-11,15H,4-5,12H2,1-3H3,(H,19,24). The molecule has 0 bridgehead atoms. The molecule has 0 saturated carbocycles. The van der Waals surface area contributed by atoms with Gasteiger partial charge in [-0.2, -0.15) is 10.2 Å². The highest BCUT2D eigenvalue weighted by Crippen LogP contribution is 2.22. The Morgan fingerprint density at radius 1 is 1.21 bits per heavy atom. The summed E-state index contributed by atoms with van der Waals surface area (Å²) in [5, 5.41) is 13.0. The van der Waals surface area contributed by atoms with Crippen LogP contribution >= 0.6 is 0 Å². The lowest BCUT2D eigenvalue weighted by molar-refractivity contribution is -0.116. The average Bonchev–Trinajstić information content (AvgIpc) is 3.11. The van der Waals surface area contributed by atoms with Crippen LogP contribution in [0.1, 0.15) is 38.4 Å². The fourth-order valence-electron chi connectivity index (χ4n) is 2.95. The normalized spacial score (nSPS) is 11.3. The van der Waals surface area contributed by atoms with Crippen molar-refractivity contribution in [1.29, 1.82) is 0 Å². The Bertz CT molecular complexity index is 811. The minimum atomic E-state index is -0.102. The number of rotatable bonds is 6. The van der Waals surface area contributed by atoms with Gasteiger partial charge in [-0.1, -0.05) is 32.0 Å². The number of benzene rings is 1. The molecule has 1 amide bonds. The summed E-state index contributed by atoms with van der Waals surface area (Å²) in [6.45, 7) is 6.38. The summed E-state index contributed by atoms with van der Waals surface area (Å²) in [6.07, 6.45) is 3.84.